The van der Waals surface area contributed by atoms with E-state index in [1.54, 1.807) is 6.07 Å². The van der Waals surface area contributed by atoms with E-state index in [0.717, 1.165) is 49.9 Å². The van der Waals surface area contributed by atoms with Gasteiger partial charge in [-0.15, -0.1) is 23.2 Å². The van der Waals surface area contributed by atoms with E-state index in [0.29, 0.717) is 17.7 Å². The van der Waals surface area contributed by atoms with Gasteiger partial charge in [-0.25, -0.2) is 4.79 Å². The van der Waals surface area contributed by atoms with Crippen molar-refractivity contribution in [2.45, 2.75) is 77.4 Å². The molecule has 0 aliphatic carbocycles. The van der Waals surface area contributed by atoms with Gasteiger partial charge in [-0.1, -0.05) is 13.8 Å². The topological polar surface area (TPSA) is 66.8 Å². The van der Waals surface area contributed by atoms with Gasteiger partial charge in [-0.05, 0) is 50.2 Å². The molecule has 0 saturated carbocycles. The highest BCUT2D eigenvalue weighted by Crippen LogP contribution is 2.26. The Morgan fingerprint density at radius 1 is 1.41 bits per heavy atom. The lowest BCUT2D eigenvalue weighted by Crippen LogP contribution is -2.35. The molecule has 0 bridgehead atoms. The van der Waals surface area contributed by atoms with Gasteiger partial charge >= 0.3 is 5.97 Å². The average Bonchev–Trinajstić information content (AvgIpc) is 3.33. The summed E-state index contributed by atoms with van der Waals surface area (Å²) in [7, 11) is 1.39. The maximum Gasteiger partial charge on any atom is 0.348 e. The number of rotatable bonds is 10. The molecular formula is C23H33NO4S. The largest absolute Gasteiger partial charge is 0.465 e. The van der Waals surface area contributed by atoms with E-state index in [9.17, 15) is 14.7 Å². The number of carbonyl (C=O) groups excluding carboxylic acids is 2. The first kappa shape index (κ1) is 23.4. The summed E-state index contributed by atoms with van der Waals surface area (Å²) in [5.41, 5.74) is 0. The minimum absolute atomic E-state index is 0.155. The van der Waals surface area contributed by atoms with Crippen LogP contribution in [0.3, 0.4) is 0 Å². The van der Waals surface area contributed by atoms with Crippen molar-refractivity contribution in [2.24, 2.45) is 5.92 Å². The first-order valence-electron chi connectivity index (χ1n) is 10.6. The van der Waals surface area contributed by atoms with Crippen LogP contribution in [0.1, 0.15) is 73.3 Å². The first-order chi connectivity index (χ1) is 14.0. The van der Waals surface area contributed by atoms with E-state index in [4.69, 9.17) is 4.74 Å². The highest BCUT2D eigenvalue weighted by molar-refractivity contribution is 7.13. The number of aliphatic hydroxyl groups excluding tert-OH is 1. The van der Waals surface area contributed by atoms with Crippen LogP contribution in [0, 0.1) is 17.8 Å². The van der Waals surface area contributed by atoms with Gasteiger partial charge < -0.3 is 14.7 Å². The standard InChI is InChI=1S/C23H33NO4S/c1-4-5-6-8-17(2)20(25)13-10-18-11-15-22(26)24(18)16-7-9-19-12-14-21(29-19)23(27)28-3/h12,14,17-18,20,25H,4,7-11,13,15-16H2,1-3H3/t17-,18?,20-/m1/s1. The Bertz CT molecular complexity index is 733. The summed E-state index contributed by atoms with van der Waals surface area (Å²) in [4.78, 5) is 27.6. The maximum absolute atomic E-state index is 12.3. The molecule has 2 heterocycles. The Hall–Kier alpha value is -1.84. The number of aliphatic hydroxyl groups is 1. The number of hydrogen-bond donors (Lipinski definition) is 1. The summed E-state index contributed by atoms with van der Waals surface area (Å²) in [6, 6.07) is 3.97. The summed E-state index contributed by atoms with van der Waals surface area (Å²) in [6.07, 6.45) is 5.92. The normalized spacial score (nSPS) is 18.3. The van der Waals surface area contributed by atoms with Crippen LogP contribution in [-0.4, -0.2) is 47.7 Å². The lowest BCUT2D eigenvalue weighted by molar-refractivity contribution is -0.129. The molecule has 0 radical (unpaired) electrons. The highest BCUT2D eigenvalue weighted by atomic mass is 32.1. The molecule has 1 saturated heterocycles. The Morgan fingerprint density at radius 3 is 2.93 bits per heavy atom. The molecule has 1 N–H and O–H groups in total. The third-order valence-corrected chi connectivity index (χ3v) is 6.63. The number of methoxy groups -OCH3 is 1. The maximum atomic E-state index is 12.3. The average molecular weight is 420 g/mol. The minimum Gasteiger partial charge on any atom is -0.465 e. The van der Waals surface area contributed by atoms with E-state index >= 15 is 0 Å². The quantitative estimate of drug-likeness (QED) is 0.459. The van der Waals surface area contributed by atoms with E-state index in [1.807, 2.05) is 24.8 Å². The summed E-state index contributed by atoms with van der Waals surface area (Å²) >= 11 is 1.45. The third-order valence-electron chi connectivity index (χ3n) is 5.50. The van der Waals surface area contributed by atoms with Crippen LogP contribution < -0.4 is 0 Å². The van der Waals surface area contributed by atoms with Gasteiger partial charge in [0.2, 0.25) is 5.91 Å². The predicted molar refractivity (Wildman–Crippen MR) is 116 cm³/mol. The summed E-state index contributed by atoms with van der Waals surface area (Å²) in [5.74, 6) is 6.23. The zero-order chi connectivity index (χ0) is 21.2. The molecule has 1 aliphatic rings. The summed E-state index contributed by atoms with van der Waals surface area (Å²) in [6.45, 7) is 4.79. The molecule has 6 heteroatoms. The van der Waals surface area contributed by atoms with Gasteiger partial charge in [0, 0.05) is 36.7 Å². The van der Waals surface area contributed by atoms with Crippen LogP contribution in [0.2, 0.25) is 0 Å². The van der Waals surface area contributed by atoms with Gasteiger partial charge in [-0.3, -0.25) is 4.79 Å². The molecule has 1 fully saturated rings. The van der Waals surface area contributed by atoms with Crippen LogP contribution in [0.15, 0.2) is 12.1 Å². The van der Waals surface area contributed by atoms with Gasteiger partial charge in [0.15, 0.2) is 0 Å². The second-order valence-electron chi connectivity index (χ2n) is 7.67. The number of aryl methyl sites for hydroxylation is 1. The van der Waals surface area contributed by atoms with Crippen molar-refractivity contribution in [3.8, 4) is 11.8 Å². The molecular weight excluding hydrogens is 386 g/mol. The zero-order valence-corrected chi connectivity index (χ0v) is 18.6. The number of hydrogen-bond acceptors (Lipinski definition) is 5. The number of likely N-dealkylation sites (tertiary alicyclic amines) is 1. The lowest BCUT2D eigenvalue weighted by atomic mass is 9.95. The molecule has 160 valence electrons. The van der Waals surface area contributed by atoms with Gasteiger partial charge in [0.25, 0.3) is 0 Å². The van der Waals surface area contributed by atoms with Crippen molar-refractivity contribution in [1.29, 1.82) is 0 Å². The molecule has 1 amide bonds. The number of nitrogens with zero attached hydrogens (tertiary/aromatic N) is 1. The van der Waals surface area contributed by atoms with E-state index in [2.05, 4.69) is 11.8 Å². The Balaban J connectivity index is 1.78. The fourth-order valence-electron chi connectivity index (χ4n) is 3.69. The molecule has 1 aromatic rings. The fourth-order valence-corrected chi connectivity index (χ4v) is 4.66. The smallest absolute Gasteiger partial charge is 0.348 e. The van der Waals surface area contributed by atoms with Crippen molar-refractivity contribution in [1.82, 2.24) is 4.90 Å². The second-order valence-corrected chi connectivity index (χ2v) is 8.84. The molecule has 1 aliphatic heterocycles. The fraction of sp³-hybridized carbons (Fsp3) is 0.652. The Kier molecular flexibility index (Phi) is 9.69. The van der Waals surface area contributed by atoms with Gasteiger partial charge in [0.05, 0.1) is 13.2 Å². The van der Waals surface area contributed by atoms with Gasteiger partial charge in [0.1, 0.15) is 4.88 Å². The lowest BCUT2D eigenvalue weighted by Gasteiger charge is -2.26. The number of esters is 1. The molecule has 2 rings (SSSR count). The highest BCUT2D eigenvalue weighted by Gasteiger charge is 2.31. The van der Waals surface area contributed by atoms with Crippen LogP contribution in [-0.2, 0) is 16.0 Å². The Labute approximate surface area is 178 Å². The SMILES string of the molecule is CCC#CC[C@@H](C)[C@H](O)CCC1CCC(=O)N1CCCc1ccc(C(=O)OC)s1. The number of amides is 1. The molecule has 1 aromatic heterocycles. The van der Waals surface area contributed by atoms with Crippen LogP contribution >= 0.6 is 11.3 Å². The van der Waals surface area contributed by atoms with E-state index < -0.39 is 0 Å². The summed E-state index contributed by atoms with van der Waals surface area (Å²) in [5, 5.41) is 10.4. The minimum atomic E-state index is -0.374. The number of thiophene rings is 1. The summed E-state index contributed by atoms with van der Waals surface area (Å²) < 4.78 is 4.74. The van der Waals surface area contributed by atoms with Crippen LogP contribution in [0.4, 0.5) is 0 Å². The third kappa shape index (κ3) is 7.17. The number of carbonyl (C=O) groups is 2. The molecule has 1 unspecified atom stereocenters. The van der Waals surface area contributed by atoms with E-state index in [1.165, 1.54) is 18.4 Å². The molecule has 3 atom stereocenters. The molecule has 0 aromatic carbocycles. The van der Waals surface area contributed by atoms with E-state index in [-0.39, 0.29) is 29.9 Å². The predicted octanol–water partition coefficient (Wildman–Crippen LogP) is 4.04. The zero-order valence-electron chi connectivity index (χ0n) is 17.8. The number of ether oxygens (including phenoxy) is 1. The second kappa shape index (κ2) is 12.0. The Morgan fingerprint density at radius 2 is 2.21 bits per heavy atom. The van der Waals surface area contributed by atoms with Crippen molar-refractivity contribution in [3.05, 3.63) is 21.9 Å². The van der Waals surface area contributed by atoms with Gasteiger partial charge in [-0.2, -0.15) is 0 Å². The van der Waals surface area contributed by atoms with Crippen molar-refractivity contribution >= 4 is 23.2 Å². The molecule has 0 spiro atoms. The van der Waals surface area contributed by atoms with Crippen molar-refractivity contribution in [2.75, 3.05) is 13.7 Å². The molecule has 29 heavy (non-hydrogen) atoms. The first-order valence-corrected chi connectivity index (χ1v) is 11.4. The van der Waals surface area contributed by atoms with Crippen molar-refractivity contribution in [3.63, 3.8) is 0 Å². The molecule has 5 nitrogen and oxygen atoms in total. The van der Waals surface area contributed by atoms with Crippen LogP contribution in [0.25, 0.3) is 0 Å². The van der Waals surface area contributed by atoms with Crippen molar-refractivity contribution < 1.29 is 19.4 Å². The monoisotopic (exact) mass is 419 g/mol. The van der Waals surface area contributed by atoms with Crippen LogP contribution in [0.5, 0.6) is 0 Å².